The van der Waals surface area contributed by atoms with E-state index in [1.807, 2.05) is 13.0 Å². The Kier molecular flexibility index (Phi) is 4.32. The van der Waals surface area contributed by atoms with Gasteiger partial charge < -0.3 is 10.4 Å². The van der Waals surface area contributed by atoms with Crippen molar-refractivity contribution in [3.63, 3.8) is 0 Å². The van der Waals surface area contributed by atoms with E-state index in [0.717, 1.165) is 5.56 Å². The lowest BCUT2D eigenvalue weighted by Crippen LogP contribution is -2.34. The molecule has 1 amide bonds. The van der Waals surface area contributed by atoms with Crippen molar-refractivity contribution in [3.8, 4) is 5.75 Å². The normalized spacial score (nSPS) is 9.85. The second-order valence-corrected chi connectivity index (χ2v) is 4.70. The molecule has 0 saturated heterocycles. The van der Waals surface area contributed by atoms with Crippen LogP contribution >= 0.6 is 12.2 Å². The Labute approximate surface area is 122 Å². The second kappa shape index (κ2) is 6.16. The van der Waals surface area contributed by atoms with Crippen LogP contribution in [0.2, 0.25) is 0 Å². The van der Waals surface area contributed by atoms with Crippen LogP contribution in [0.1, 0.15) is 15.9 Å². The molecule has 3 N–H and O–H groups in total. The second-order valence-electron chi connectivity index (χ2n) is 4.29. The number of hydrogen-bond acceptors (Lipinski definition) is 3. The minimum Gasteiger partial charge on any atom is -0.506 e. The number of benzene rings is 2. The predicted molar refractivity (Wildman–Crippen MR) is 83.0 cm³/mol. The van der Waals surface area contributed by atoms with Gasteiger partial charge in [-0.1, -0.05) is 24.3 Å². The molecule has 0 fully saturated rings. The zero-order valence-electron chi connectivity index (χ0n) is 10.9. The third-order valence-electron chi connectivity index (χ3n) is 2.66. The van der Waals surface area contributed by atoms with Gasteiger partial charge in [-0.15, -0.1) is 0 Å². The number of thiocarbonyl (C=S) groups is 1. The summed E-state index contributed by atoms with van der Waals surface area (Å²) in [4.78, 5) is 11.9. The standard InChI is InChI=1S/C15H14N2O2S/c1-10-7-8-13(18)12(9-10)16-15(20)17-14(19)11-5-3-2-4-6-11/h2-9,18H,1H3,(H2,16,17,19,20). The number of hydrogen-bond donors (Lipinski definition) is 3. The summed E-state index contributed by atoms with van der Waals surface area (Å²) < 4.78 is 0. The highest BCUT2D eigenvalue weighted by atomic mass is 32.1. The third-order valence-corrected chi connectivity index (χ3v) is 2.87. The van der Waals surface area contributed by atoms with Crippen LogP contribution in [-0.4, -0.2) is 16.1 Å². The van der Waals surface area contributed by atoms with Crippen molar-refractivity contribution in [1.82, 2.24) is 5.32 Å². The Morgan fingerprint density at radius 1 is 1.15 bits per heavy atom. The minimum absolute atomic E-state index is 0.0758. The van der Waals surface area contributed by atoms with Gasteiger partial charge in [-0.05, 0) is 49.0 Å². The quantitative estimate of drug-likeness (QED) is 0.587. The number of carbonyl (C=O) groups excluding carboxylic acids is 1. The Morgan fingerprint density at radius 3 is 2.55 bits per heavy atom. The predicted octanol–water partition coefficient (Wildman–Crippen LogP) is 2.83. The number of anilines is 1. The molecule has 4 nitrogen and oxygen atoms in total. The number of phenolic OH excluding ortho intramolecular Hbond substituents is 1. The van der Waals surface area contributed by atoms with Crippen LogP contribution in [-0.2, 0) is 0 Å². The smallest absolute Gasteiger partial charge is 0.257 e. The minimum atomic E-state index is -0.296. The van der Waals surface area contributed by atoms with Crippen molar-refractivity contribution >= 4 is 28.9 Å². The van der Waals surface area contributed by atoms with E-state index in [1.165, 1.54) is 0 Å². The van der Waals surface area contributed by atoms with E-state index in [2.05, 4.69) is 10.6 Å². The molecule has 0 saturated carbocycles. The van der Waals surface area contributed by atoms with E-state index in [-0.39, 0.29) is 16.8 Å². The molecule has 20 heavy (non-hydrogen) atoms. The van der Waals surface area contributed by atoms with Gasteiger partial charge in [-0.2, -0.15) is 0 Å². The molecule has 5 heteroatoms. The summed E-state index contributed by atoms with van der Waals surface area (Å²) in [6, 6.07) is 13.9. The molecule has 102 valence electrons. The van der Waals surface area contributed by atoms with E-state index in [0.29, 0.717) is 11.3 Å². The average molecular weight is 286 g/mol. The molecular weight excluding hydrogens is 272 g/mol. The van der Waals surface area contributed by atoms with E-state index in [4.69, 9.17) is 12.2 Å². The van der Waals surface area contributed by atoms with Crippen LogP contribution in [0.25, 0.3) is 0 Å². The van der Waals surface area contributed by atoms with Crippen molar-refractivity contribution < 1.29 is 9.90 Å². The van der Waals surface area contributed by atoms with E-state index < -0.39 is 0 Å². The Morgan fingerprint density at radius 2 is 1.85 bits per heavy atom. The van der Waals surface area contributed by atoms with Crippen molar-refractivity contribution in [2.75, 3.05) is 5.32 Å². The van der Waals surface area contributed by atoms with Crippen molar-refractivity contribution in [2.45, 2.75) is 6.92 Å². The highest BCUT2D eigenvalue weighted by Crippen LogP contribution is 2.23. The fourth-order valence-electron chi connectivity index (χ4n) is 1.67. The van der Waals surface area contributed by atoms with E-state index in [1.54, 1.807) is 42.5 Å². The zero-order chi connectivity index (χ0) is 14.5. The summed E-state index contributed by atoms with van der Waals surface area (Å²) >= 11 is 5.06. The maximum Gasteiger partial charge on any atom is 0.257 e. The van der Waals surface area contributed by atoms with Gasteiger partial charge in [0.15, 0.2) is 5.11 Å². The molecule has 0 aliphatic rings. The van der Waals surface area contributed by atoms with E-state index in [9.17, 15) is 9.90 Å². The summed E-state index contributed by atoms with van der Waals surface area (Å²) in [6.07, 6.45) is 0. The summed E-state index contributed by atoms with van der Waals surface area (Å²) in [6.45, 7) is 1.90. The molecule has 0 spiro atoms. The molecule has 0 bridgehead atoms. The zero-order valence-corrected chi connectivity index (χ0v) is 11.7. The lowest BCUT2D eigenvalue weighted by atomic mass is 10.2. The highest BCUT2D eigenvalue weighted by molar-refractivity contribution is 7.80. The summed E-state index contributed by atoms with van der Waals surface area (Å²) in [5.74, 6) is -0.220. The van der Waals surface area contributed by atoms with E-state index >= 15 is 0 Å². The lowest BCUT2D eigenvalue weighted by molar-refractivity contribution is 0.0977. The van der Waals surface area contributed by atoms with Crippen LogP contribution < -0.4 is 10.6 Å². The molecule has 0 atom stereocenters. The molecule has 0 heterocycles. The molecule has 0 aromatic heterocycles. The monoisotopic (exact) mass is 286 g/mol. The van der Waals surface area contributed by atoms with Gasteiger partial charge >= 0.3 is 0 Å². The maximum atomic E-state index is 11.9. The van der Waals surface area contributed by atoms with Gasteiger partial charge in [0.05, 0.1) is 5.69 Å². The van der Waals surface area contributed by atoms with Gasteiger partial charge in [-0.3, -0.25) is 10.1 Å². The molecule has 0 aliphatic carbocycles. The van der Waals surface area contributed by atoms with Crippen LogP contribution in [0.5, 0.6) is 5.75 Å². The first-order chi connectivity index (χ1) is 9.56. The van der Waals surface area contributed by atoms with Crippen molar-refractivity contribution in [2.24, 2.45) is 0 Å². The van der Waals surface area contributed by atoms with Gasteiger partial charge in [0.1, 0.15) is 5.75 Å². The average Bonchev–Trinajstić information content (AvgIpc) is 2.43. The molecular formula is C15H14N2O2S. The first kappa shape index (κ1) is 14.0. The maximum absolute atomic E-state index is 11.9. The molecule has 2 aromatic rings. The van der Waals surface area contributed by atoms with Crippen LogP contribution in [0.3, 0.4) is 0 Å². The molecule has 0 radical (unpaired) electrons. The Bertz CT molecular complexity index is 642. The number of amides is 1. The van der Waals surface area contributed by atoms with Gasteiger partial charge in [0, 0.05) is 5.56 Å². The summed E-state index contributed by atoms with van der Waals surface area (Å²) in [7, 11) is 0. The molecule has 0 aliphatic heterocycles. The molecule has 2 rings (SSSR count). The first-order valence-corrected chi connectivity index (χ1v) is 6.44. The highest BCUT2D eigenvalue weighted by Gasteiger charge is 2.08. The number of aromatic hydroxyl groups is 1. The number of carbonyl (C=O) groups is 1. The topological polar surface area (TPSA) is 61.4 Å². The van der Waals surface area contributed by atoms with Gasteiger partial charge in [0.25, 0.3) is 5.91 Å². The van der Waals surface area contributed by atoms with Gasteiger partial charge in [-0.25, -0.2) is 0 Å². The Balaban J connectivity index is 2.03. The lowest BCUT2D eigenvalue weighted by Gasteiger charge is -2.11. The number of phenols is 1. The van der Waals surface area contributed by atoms with Crippen molar-refractivity contribution in [1.29, 1.82) is 0 Å². The van der Waals surface area contributed by atoms with Crippen LogP contribution in [0, 0.1) is 6.92 Å². The van der Waals surface area contributed by atoms with Crippen LogP contribution in [0.15, 0.2) is 48.5 Å². The summed E-state index contributed by atoms with van der Waals surface area (Å²) in [5.41, 5.74) is 1.95. The SMILES string of the molecule is Cc1ccc(O)c(NC(=S)NC(=O)c2ccccc2)c1. The summed E-state index contributed by atoms with van der Waals surface area (Å²) in [5, 5.41) is 15.2. The number of aryl methyl sites for hydroxylation is 1. The fraction of sp³-hybridized carbons (Fsp3) is 0.0667. The molecule has 0 unspecified atom stereocenters. The first-order valence-electron chi connectivity index (χ1n) is 6.03. The van der Waals surface area contributed by atoms with Gasteiger partial charge in [0.2, 0.25) is 0 Å². The number of nitrogens with one attached hydrogen (secondary N) is 2. The Hall–Kier alpha value is -2.40. The van der Waals surface area contributed by atoms with Crippen LogP contribution in [0.4, 0.5) is 5.69 Å². The number of rotatable bonds is 2. The molecule has 2 aromatic carbocycles. The van der Waals surface area contributed by atoms with Crippen molar-refractivity contribution in [3.05, 3.63) is 59.7 Å². The largest absolute Gasteiger partial charge is 0.506 e. The third kappa shape index (κ3) is 3.55. The fourth-order valence-corrected chi connectivity index (χ4v) is 1.87.